The maximum atomic E-state index is 12.4. The standard InChI is InChI=1S/C15H20N4O4S.ClH/c1-9-10(2)18(6-5-17-9)14(20)8-24-13-4-3-11(15(16)21)7-12(13)19(22)23;/h3-4,7,9-10,17H,5-6,8H2,1-2H3,(H2,16,21);1H. The summed E-state index contributed by atoms with van der Waals surface area (Å²) in [5, 5.41) is 14.5. The lowest BCUT2D eigenvalue weighted by Gasteiger charge is -2.38. The van der Waals surface area contributed by atoms with Crippen LogP contribution in [-0.2, 0) is 4.79 Å². The summed E-state index contributed by atoms with van der Waals surface area (Å²) in [6.45, 7) is 5.34. The number of primary amides is 1. The molecule has 0 spiro atoms. The third kappa shape index (κ3) is 5.07. The molecule has 0 aromatic heterocycles. The van der Waals surface area contributed by atoms with Gasteiger partial charge in [0.25, 0.3) is 5.69 Å². The Bertz CT molecular complexity index is 673. The van der Waals surface area contributed by atoms with E-state index in [4.69, 9.17) is 5.73 Å². The lowest BCUT2D eigenvalue weighted by atomic mass is 10.1. The van der Waals surface area contributed by atoms with Crippen LogP contribution in [0.3, 0.4) is 0 Å². The molecular weight excluding hydrogens is 368 g/mol. The van der Waals surface area contributed by atoms with Crippen molar-refractivity contribution in [2.75, 3.05) is 18.8 Å². The fourth-order valence-electron chi connectivity index (χ4n) is 2.57. The Labute approximate surface area is 156 Å². The molecule has 1 aliphatic rings. The number of nitrogens with one attached hydrogen (secondary N) is 1. The van der Waals surface area contributed by atoms with Gasteiger partial charge in [-0.3, -0.25) is 19.7 Å². The summed E-state index contributed by atoms with van der Waals surface area (Å²) >= 11 is 1.10. The van der Waals surface area contributed by atoms with E-state index in [-0.39, 0.29) is 47.4 Å². The molecule has 25 heavy (non-hydrogen) atoms. The van der Waals surface area contributed by atoms with E-state index in [1.165, 1.54) is 12.1 Å². The van der Waals surface area contributed by atoms with E-state index in [1.54, 1.807) is 4.90 Å². The van der Waals surface area contributed by atoms with Gasteiger partial charge in [-0.2, -0.15) is 0 Å². The molecular formula is C15H21ClN4O4S. The fourth-order valence-corrected chi connectivity index (χ4v) is 3.46. The maximum Gasteiger partial charge on any atom is 0.283 e. The van der Waals surface area contributed by atoms with E-state index in [2.05, 4.69) is 5.32 Å². The van der Waals surface area contributed by atoms with Gasteiger partial charge < -0.3 is 16.0 Å². The van der Waals surface area contributed by atoms with Crippen molar-refractivity contribution < 1.29 is 14.5 Å². The van der Waals surface area contributed by atoms with Crippen LogP contribution in [0, 0.1) is 10.1 Å². The van der Waals surface area contributed by atoms with Crippen molar-refractivity contribution in [3.63, 3.8) is 0 Å². The minimum atomic E-state index is -0.727. The third-order valence-electron chi connectivity index (χ3n) is 4.15. The van der Waals surface area contributed by atoms with Crippen LogP contribution < -0.4 is 11.1 Å². The Morgan fingerprint density at radius 1 is 1.44 bits per heavy atom. The van der Waals surface area contributed by atoms with Crippen molar-refractivity contribution in [3.8, 4) is 0 Å². The molecule has 1 aliphatic heterocycles. The zero-order chi connectivity index (χ0) is 17.9. The van der Waals surface area contributed by atoms with Gasteiger partial charge in [0, 0.05) is 36.8 Å². The lowest BCUT2D eigenvalue weighted by molar-refractivity contribution is -0.387. The van der Waals surface area contributed by atoms with Crippen molar-refractivity contribution in [1.82, 2.24) is 10.2 Å². The molecule has 0 aliphatic carbocycles. The number of nitrogens with two attached hydrogens (primary N) is 1. The first kappa shape index (κ1) is 21.2. The van der Waals surface area contributed by atoms with E-state index in [0.717, 1.165) is 24.4 Å². The molecule has 8 nitrogen and oxygen atoms in total. The molecule has 0 saturated carbocycles. The molecule has 2 rings (SSSR count). The van der Waals surface area contributed by atoms with E-state index in [0.29, 0.717) is 11.4 Å². The van der Waals surface area contributed by atoms with Gasteiger partial charge in [0.05, 0.1) is 15.6 Å². The second-order valence-electron chi connectivity index (χ2n) is 5.66. The molecule has 0 bridgehead atoms. The van der Waals surface area contributed by atoms with Gasteiger partial charge >= 0.3 is 0 Å². The molecule has 1 aromatic rings. The zero-order valence-electron chi connectivity index (χ0n) is 13.9. The molecule has 1 heterocycles. The van der Waals surface area contributed by atoms with Crippen molar-refractivity contribution in [1.29, 1.82) is 0 Å². The number of hydrogen-bond acceptors (Lipinski definition) is 6. The minimum Gasteiger partial charge on any atom is -0.366 e. The molecule has 1 fully saturated rings. The van der Waals surface area contributed by atoms with Crippen LogP contribution in [0.2, 0.25) is 0 Å². The molecule has 2 amide bonds. The summed E-state index contributed by atoms with van der Waals surface area (Å²) < 4.78 is 0. The van der Waals surface area contributed by atoms with E-state index in [9.17, 15) is 19.7 Å². The van der Waals surface area contributed by atoms with E-state index >= 15 is 0 Å². The molecule has 138 valence electrons. The number of carbonyl (C=O) groups excluding carboxylic acids is 2. The first-order valence-electron chi connectivity index (χ1n) is 7.55. The Morgan fingerprint density at radius 2 is 2.12 bits per heavy atom. The number of amides is 2. The van der Waals surface area contributed by atoms with Gasteiger partial charge in [-0.15, -0.1) is 24.2 Å². The van der Waals surface area contributed by atoms with Crippen LogP contribution in [0.4, 0.5) is 5.69 Å². The minimum absolute atomic E-state index is 0. The summed E-state index contributed by atoms with van der Waals surface area (Å²) in [5.74, 6) is -0.683. The largest absolute Gasteiger partial charge is 0.366 e. The summed E-state index contributed by atoms with van der Waals surface area (Å²) in [4.78, 5) is 36.3. The second kappa shape index (κ2) is 9.02. The predicted molar refractivity (Wildman–Crippen MR) is 98.2 cm³/mol. The van der Waals surface area contributed by atoms with Crippen LogP contribution in [0.5, 0.6) is 0 Å². The van der Waals surface area contributed by atoms with Gasteiger partial charge in [-0.25, -0.2) is 0 Å². The van der Waals surface area contributed by atoms with Gasteiger partial charge in [0.2, 0.25) is 11.8 Å². The maximum absolute atomic E-state index is 12.4. The number of nitrogens with zero attached hydrogens (tertiary/aromatic N) is 2. The number of thioether (sulfide) groups is 1. The third-order valence-corrected chi connectivity index (χ3v) is 5.19. The summed E-state index contributed by atoms with van der Waals surface area (Å²) in [6, 6.07) is 4.30. The summed E-state index contributed by atoms with van der Waals surface area (Å²) in [5.41, 5.74) is 5.00. The van der Waals surface area contributed by atoms with E-state index in [1.807, 2.05) is 13.8 Å². The normalized spacial score (nSPS) is 19.8. The Kier molecular flexibility index (Phi) is 7.65. The van der Waals surface area contributed by atoms with Gasteiger partial charge in [-0.05, 0) is 26.0 Å². The molecule has 10 heteroatoms. The highest BCUT2D eigenvalue weighted by Gasteiger charge is 2.28. The predicted octanol–water partition coefficient (Wildman–Crippen LogP) is 1.42. The summed E-state index contributed by atoms with van der Waals surface area (Å²) in [6.07, 6.45) is 0. The van der Waals surface area contributed by atoms with Crippen LogP contribution in [0.1, 0.15) is 24.2 Å². The van der Waals surface area contributed by atoms with Crippen molar-refractivity contribution in [3.05, 3.63) is 33.9 Å². The Balaban J connectivity index is 0.00000312. The monoisotopic (exact) mass is 388 g/mol. The molecule has 1 aromatic carbocycles. The van der Waals surface area contributed by atoms with E-state index < -0.39 is 10.8 Å². The molecule has 1 saturated heterocycles. The molecule has 2 atom stereocenters. The Morgan fingerprint density at radius 3 is 2.72 bits per heavy atom. The second-order valence-corrected chi connectivity index (χ2v) is 6.68. The number of rotatable bonds is 5. The van der Waals surface area contributed by atoms with Crippen molar-refractivity contribution in [2.45, 2.75) is 30.8 Å². The smallest absolute Gasteiger partial charge is 0.283 e. The van der Waals surface area contributed by atoms with Gasteiger partial charge in [0.15, 0.2) is 0 Å². The zero-order valence-corrected chi connectivity index (χ0v) is 15.6. The fraction of sp³-hybridized carbons (Fsp3) is 0.467. The molecule has 3 N–H and O–H groups in total. The first-order chi connectivity index (χ1) is 11.3. The number of nitro benzene ring substituents is 1. The highest BCUT2D eigenvalue weighted by molar-refractivity contribution is 8.00. The number of hydrogen-bond donors (Lipinski definition) is 2. The number of piperazine rings is 1. The highest BCUT2D eigenvalue weighted by atomic mass is 35.5. The number of carbonyl (C=O) groups is 2. The topological polar surface area (TPSA) is 119 Å². The van der Waals surface area contributed by atoms with Crippen molar-refractivity contribution >= 4 is 41.7 Å². The lowest BCUT2D eigenvalue weighted by Crippen LogP contribution is -2.57. The SMILES string of the molecule is CC1NCCN(C(=O)CSc2ccc(C(N)=O)cc2[N+](=O)[O-])C1C.Cl. The highest BCUT2D eigenvalue weighted by Crippen LogP contribution is 2.30. The summed E-state index contributed by atoms with van der Waals surface area (Å²) in [7, 11) is 0. The van der Waals surface area contributed by atoms with Gasteiger partial charge in [0.1, 0.15) is 0 Å². The number of halogens is 1. The van der Waals surface area contributed by atoms with Crippen LogP contribution in [-0.4, -0.2) is 52.6 Å². The van der Waals surface area contributed by atoms with Crippen LogP contribution >= 0.6 is 24.2 Å². The molecule has 2 unspecified atom stereocenters. The van der Waals surface area contributed by atoms with Crippen LogP contribution in [0.25, 0.3) is 0 Å². The average molecular weight is 389 g/mol. The van der Waals surface area contributed by atoms with Gasteiger partial charge in [-0.1, -0.05) is 0 Å². The quantitative estimate of drug-likeness (QED) is 0.447. The number of benzene rings is 1. The van der Waals surface area contributed by atoms with Crippen LogP contribution in [0.15, 0.2) is 23.1 Å². The first-order valence-corrected chi connectivity index (χ1v) is 8.53. The van der Waals surface area contributed by atoms with Crippen molar-refractivity contribution in [2.24, 2.45) is 5.73 Å². The molecule has 0 radical (unpaired) electrons. The Hall–Kier alpha value is -1.84. The average Bonchev–Trinajstić information content (AvgIpc) is 2.54. The number of nitro groups is 1.